The second-order valence-electron chi connectivity index (χ2n) is 5.22. The van der Waals surface area contributed by atoms with Crippen molar-refractivity contribution in [2.75, 3.05) is 12.3 Å². The quantitative estimate of drug-likeness (QED) is 0.271. The largest absolute Gasteiger partial charge is 0.394 e. The van der Waals surface area contributed by atoms with Crippen molar-refractivity contribution in [1.29, 1.82) is 0 Å². The number of nitrogens with zero attached hydrogens (tertiary/aromatic N) is 4. The van der Waals surface area contributed by atoms with Crippen LogP contribution in [0, 0.1) is 7.43 Å². The number of nitrogen functional groups attached to an aromatic ring is 1. The Kier molecular flexibility index (Phi) is 6.98. The summed E-state index contributed by atoms with van der Waals surface area (Å²) in [5.41, 5.74) is 5.62. The van der Waals surface area contributed by atoms with E-state index in [1.807, 2.05) is 0 Å². The maximum Gasteiger partial charge on any atom is 0.332 e. The summed E-state index contributed by atoms with van der Waals surface area (Å²) in [6.45, 7) is 3.30. The number of nitrogens with two attached hydrogens (primary N) is 1. The van der Waals surface area contributed by atoms with Crippen LogP contribution in [0.25, 0.3) is 11.2 Å². The number of rotatable bonds is 4. The standard InChI is InChI=1S/C13H17N5O5.CH3.Zn/c1-2-3-17-6-4-15-12(14)16-10(6)18(13(17)22)11-9(21)8(20)7(5-19)23-11;;/h2,4,7-9,11,19-21H,1,3,5H2,(H2,14,15,16);1H3;/q;-1;/t7-,8-,9-,11-;;/m1../s1. The molecular formula is C14H20N5O5Zn-. The maximum atomic E-state index is 12.7. The van der Waals surface area contributed by atoms with Gasteiger partial charge in [-0.05, 0) is 0 Å². The summed E-state index contributed by atoms with van der Waals surface area (Å²) in [4.78, 5) is 20.6. The summed E-state index contributed by atoms with van der Waals surface area (Å²) < 4.78 is 7.86. The van der Waals surface area contributed by atoms with Crippen LogP contribution < -0.4 is 11.4 Å². The third-order valence-electron chi connectivity index (χ3n) is 3.81. The number of aromatic nitrogens is 4. The van der Waals surface area contributed by atoms with Crippen molar-refractivity contribution in [3.05, 3.63) is 36.8 Å². The molecule has 0 bridgehead atoms. The summed E-state index contributed by atoms with van der Waals surface area (Å²) in [6.07, 6.45) is -2.01. The van der Waals surface area contributed by atoms with Gasteiger partial charge in [0.15, 0.2) is 11.9 Å². The Bertz CT molecular complexity index is 807. The molecule has 4 atom stereocenters. The van der Waals surface area contributed by atoms with E-state index >= 15 is 0 Å². The van der Waals surface area contributed by atoms with Crippen LogP contribution in [0.2, 0.25) is 0 Å². The molecule has 2 aromatic heterocycles. The predicted octanol–water partition coefficient (Wildman–Crippen LogP) is -1.58. The molecule has 1 aliphatic rings. The van der Waals surface area contributed by atoms with Crippen LogP contribution in [-0.2, 0) is 30.8 Å². The number of ether oxygens (including phenoxy) is 1. The summed E-state index contributed by atoms with van der Waals surface area (Å²) in [5, 5.41) is 29.2. The minimum absolute atomic E-state index is 0. The fourth-order valence-electron chi connectivity index (χ4n) is 2.70. The smallest absolute Gasteiger partial charge is 0.332 e. The van der Waals surface area contributed by atoms with Crippen LogP contribution in [0.5, 0.6) is 0 Å². The molecule has 3 heterocycles. The first-order valence-corrected chi connectivity index (χ1v) is 6.96. The number of aliphatic hydroxyl groups excluding tert-OH is 3. The van der Waals surface area contributed by atoms with E-state index in [4.69, 9.17) is 10.5 Å². The minimum Gasteiger partial charge on any atom is -0.394 e. The number of anilines is 1. The van der Waals surface area contributed by atoms with Crippen molar-refractivity contribution in [2.45, 2.75) is 31.1 Å². The average Bonchev–Trinajstić information content (AvgIpc) is 2.95. The van der Waals surface area contributed by atoms with E-state index in [0.29, 0.717) is 5.52 Å². The van der Waals surface area contributed by atoms with Gasteiger partial charge in [0.2, 0.25) is 5.95 Å². The van der Waals surface area contributed by atoms with E-state index in [9.17, 15) is 20.1 Å². The van der Waals surface area contributed by atoms with E-state index < -0.39 is 36.8 Å². The third-order valence-corrected chi connectivity index (χ3v) is 3.81. The van der Waals surface area contributed by atoms with Crippen molar-refractivity contribution in [2.24, 2.45) is 0 Å². The van der Waals surface area contributed by atoms with E-state index in [1.165, 1.54) is 16.8 Å². The molecular weight excluding hydrogens is 384 g/mol. The second-order valence-corrected chi connectivity index (χ2v) is 5.22. The Morgan fingerprint density at radius 3 is 2.64 bits per heavy atom. The molecule has 0 unspecified atom stereocenters. The van der Waals surface area contributed by atoms with Crippen molar-refractivity contribution >= 4 is 17.1 Å². The first-order chi connectivity index (χ1) is 11.0. The Morgan fingerprint density at radius 2 is 2.08 bits per heavy atom. The van der Waals surface area contributed by atoms with Gasteiger partial charge in [-0.1, -0.05) is 6.08 Å². The predicted molar refractivity (Wildman–Crippen MR) is 85.8 cm³/mol. The molecule has 0 saturated carbocycles. The van der Waals surface area contributed by atoms with Crippen LogP contribution in [0.3, 0.4) is 0 Å². The Morgan fingerprint density at radius 1 is 1.40 bits per heavy atom. The number of allylic oxidation sites excluding steroid dienone is 1. The van der Waals surface area contributed by atoms with Crippen LogP contribution >= 0.6 is 0 Å². The van der Waals surface area contributed by atoms with Crippen molar-refractivity contribution in [3.8, 4) is 0 Å². The zero-order valence-corrected chi connectivity index (χ0v) is 16.8. The van der Waals surface area contributed by atoms with Crippen molar-refractivity contribution in [3.63, 3.8) is 0 Å². The summed E-state index contributed by atoms with van der Waals surface area (Å²) in [6, 6.07) is 0. The first-order valence-electron chi connectivity index (χ1n) is 6.96. The SMILES string of the molecule is C=CCn1c(=O)n([C@@H]2O[C@H](CO)[C@@H](O)[C@H]2O)c2nc(N)ncc21.[CH3-].[Zn]. The zero-order chi connectivity index (χ0) is 16.7. The first kappa shape index (κ1) is 21.4. The van der Waals surface area contributed by atoms with E-state index in [0.717, 1.165) is 4.57 Å². The number of hydrogen-bond donors (Lipinski definition) is 4. The fraction of sp³-hybridized carbons (Fsp3) is 0.429. The summed E-state index contributed by atoms with van der Waals surface area (Å²) >= 11 is 0. The number of aliphatic hydroxyl groups is 3. The van der Waals surface area contributed by atoms with Gasteiger partial charge in [-0.2, -0.15) is 4.98 Å². The van der Waals surface area contributed by atoms with Gasteiger partial charge in [-0.3, -0.25) is 4.57 Å². The molecule has 1 fully saturated rings. The molecule has 1 aliphatic heterocycles. The van der Waals surface area contributed by atoms with Gasteiger partial charge >= 0.3 is 5.69 Å². The summed E-state index contributed by atoms with van der Waals surface area (Å²) in [7, 11) is 0. The molecule has 0 aliphatic carbocycles. The maximum absolute atomic E-state index is 12.7. The molecule has 0 amide bonds. The number of fused-ring (bicyclic) bond motifs is 1. The summed E-state index contributed by atoms with van der Waals surface area (Å²) in [5.74, 6) is -0.0475. The van der Waals surface area contributed by atoms with Gasteiger partial charge in [-0.25, -0.2) is 14.3 Å². The van der Waals surface area contributed by atoms with Gasteiger partial charge in [0.1, 0.15) is 23.8 Å². The number of hydrogen-bond acceptors (Lipinski definition) is 8. The molecule has 11 heteroatoms. The molecule has 2 aromatic rings. The van der Waals surface area contributed by atoms with Gasteiger partial charge < -0.3 is 33.2 Å². The van der Waals surface area contributed by atoms with Crippen molar-refractivity contribution < 1.29 is 39.5 Å². The van der Waals surface area contributed by atoms with E-state index in [1.54, 1.807) is 0 Å². The number of imidazole rings is 1. The topological polar surface area (TPSA) is 149 Å². The van der Waals surface area contributed by atoms with E-state index in [2.05, 4.69) is 16.5 Å². The Labute approximate surface area is 156 Å². The molecule has 0 aromatic carbocycles. The van der Waals surface area contributed by atoms with E-state index in [-0.39, 0.29) is 45.0 Å². The Hall–Kier alpha value is -1.65. The van der Waals surface area contributed by atoms with Crippen LogP contribution in [0.1, 0.15) is 6.23 Å². The van der Waals surface area contributed by atoms with Gasteiger partial charge in [0, 0.05) is 26.0 Å². The van der Waals surface area contributed by atoms with Crippen LogP contribution in [-0.4, -0.2) is 59.3 Å². The Balaban J connectivity index is 0.00000156. The monoisotopic (exact) mass is 402 g/mol. The molecule has 1 saturated heterocycles. The minimum atomic E-state index is -1.40. The van der Waals surface area contributed by atoms with Gasteiger partial charge in [0.05, 0.1) is 12.8 Å². The van der Waals surface area contributed by atoms with Gasteiger partial charge in [-0.15, -0.1) is 6.58 Å². The molecule has 25 heavy (non-hydrogen) atoms. The van der Waals surface area contributed by atoms with Crippen LogP contribution in [0.4, 0.5) is 5.95 Å². The molecule has 0 spiro atoms. The molecule has 5 N–H and O–H groups in total. The van der Waals surface area contributed by atoms with Gasteiger partial charge in [0.25, 0.3) is 0 Å². The van der Waals surface area contributed by atoms with Crippen molar-refractivity contribution in [1.82, 2.24) is 19.1 Å². The zero-order valence-electron chi connectivity index (χ0n) is 13.8. The molecule has 3 rings (SSSR count). The van der Waals surface area contributed by atoms with Crippen LogP contribution in [0.15, 0.2) is 23.6 Å². The fourth-order valence-corrected chi connectivity index (χ4v) is 2.70. The second kappa shape index (κ2) is 8.15. The molecule has 134 valence electrons. The molecule has 0 radical (unpaired) electrons. The average molecular weight is 404 g/mol. The third kappa shape index (κ3) is 3.38. The normalized spacial score (nSPS) is 25.4. The molecule has 10 nitrogen and oxygen atoms in total.